The van der Waals surface area contributed by atoms with Gasteiger partial charge in [0.05, 0.1) is 51.9 Å². The van der Waals surface area contributed by atoms with Crippen molar-refractivity contribution in [1.29, 1.82) is 0 Å². The lowest BCUT2D eigenvalue weighted by molar-refractivity contribution is -0.133. The van der Waals surface area contributed by atoms with E-state index in [9.17, 15) is 4.79 Å². The minimum Gasteiger partial charge on any atom is -0.426 e. The summed E-state index contributed by atoms with van der Waals surface area (Å²) in [5.74, 6) is 0.150. The SMILES string of the molecule is COC(C)c1c(CC(=O)Oc2ccccc2)cnc(C)c1Cl.COC(C)c1c(N)cnc(C)c1Cl. The van der Waals surface area contributed by atoms with Crippen molar-refractivity contribution in [3.8, 4) is 5.75 Å². The van der Waals surface area contributed by atoms with Crippen molar-refractivity contribution >= 4 is 34.9 Å². The number of nitrogens with two attached hydrogens (primary N) is 1. The second-order valence-electron chi connectivity index (χ2n) is 7.84. The third-order valence-corrected chi connectivity index (χ3v) is 6.36. The summed E-state index contributed by atoms with van der Waals surface area (Å²) in [6.45, 7) is 7.44. The van der Waals surface area contributed by atoms with Crippen LogP contribution in [0.25, 0.3) is 0 Å². The average Bonchev–Trinajstić information content (AvgIpc) is 2.84. The Balaban J connectivity index is 0.000000283. The van der Waals surface area contributed by atoms with E-state index < -0.39 is 0 Å². The number of rotatable bonds is 7. The van der Waals surface area contributed by atoms with Crippen LogP contribution >= 0.6 is 23.2 Å². The average molecular weight is 520 g/mol. The van der Waals surface area contributed by atoms with Gasteiger partial charge in [0.15, 0.2) is 0 Å². The molecule has 2 unspecified atom stereocenters. The van der Waals surface area contributed by atoms with Crippen LogP contribution in [0, 0.1) is 13.8 Å². The molecule has 3 rings (SSSR count). The third-order valence-electron chi connectivity index (χ3n) is 5.41. The smallest absolute Gasteiger partial charge is 0.315 e. The summed E-state index contributed by atoms with van der Waals surface area (Å²) in [7, 11) is 3.22. The molecule has 2 atom stereocenters. The molecule has 2 N–H and O–H groups in total. The zero-order chi connectivity index (χ0) is 26.1. The molecule has 35 heavy (non-hydrogen) atoms. The Morgan fingerprint density at radius 1 is 0.914 bits per heavy atom. The number of nitrogens with zero attached hydrogens (tertiary/aromatic N) is 2. The predicted octanol–water partition coefficient (Wildman–Crippen LogP) is 6.23. The van der Waals surface area contributed by atoms with Crippen molar-refractivity contribution in [2.45, 2.75) is 46.3 Å². The Labute approximate surface area is 216 Å². The maximum absolute atomic E-state index is 12.1. The standard InChI is InChI=1S/C17H18ClNO3.C9H13ClN2O/c1-11-17(18)16(12(2)21-3)13(10-19-11)9-15(20)22-14-7-5-4-6-8-14;1-5-9(10)8(6(2)13-3)7(11)4-12-5/h4-8,10,12H,9H2,1-3H3;4,6H,11H2,1-3H3. The molecule has 0 amide bonds. The molecular weight excluding hydrogens is 489 g/mol. The van der Waals surface area contributed by atoms with Crippen LogP contribution in [0.1, 0.15) is 54.1 Å². The highest BCUT2D eigenvalue weighted by molar-refractivity contribution is 6.32. The van der Waals surface area contributed by atoms with Crippen LogP contribution in [-0.2, 0) is 20.7 Å². The number of para-hydroxylation sites is 1. The molecule has 0 saturated heterocycles. The number of hydrogen-bond donors (Lipinski definition) is 1. The molecule has 0 aliphatic heterocycles. The maximum atomic E-state index is 12.1. The number of halogens is 2. The van der Waals surface area contributed by atoms with Gasteiger partial charge in [0.1, 0.15) is 5.75 Å². The molecule has 1 aromatic carbocycles. The van der Waals surface area contributed by atoms with Crippen molar-refractivity contribution in [2.75, 3.05) is 20.0 Å². The molecule has 9 heteroatoms. The van der Waals surface area contributed by atoms with Gasteiger partial charge in [0.2, 0.25) is 0 Å². The van der Waals surface area contributed by atoms with Gasteiger partial charge in [-0.3, -0.25) is 14.8 Å². The highest BCUT2D eigenvalue weighted by atomic mass is 35.5. The number of aryl methyl sites for hydroxylation is 2. The fourth-order valence-corrected chi connectivity index (χ4v) is 3.93. The van der Waals surface area contributed by atoms with Crippen molar-refractivity contribution < 1.29 is 19.0 Å². The first-order chi connectivity index (χ1) is 16.6. The summed E-state index contributed by atoms with van der Waals surface area (Å²) in [6.07, 6.45) is 3.01. The van der Waals surface area contributed by atoms with Gasteiger partial charge >= 0.3 is 5.97 Å². The van der Waals surface area contributed by atoms with E-state index in [4.69, 9.17) is 43.1 Å². The number of ether oxygens (including phenoxy) is 3. The molecule has 0 bridgehead atoms. The molecule has 188 valence electrons. The number of nitrogen functional groups attached to an aromatic ring is 1. The van der Waals surface area contributed by atoms with Crippen LogP contribution in [0.2, 0.25) is 10.0 Å². The normalized spacial score (nSPS) is 12.3. The Kier molecular flexibility index (Phi) is 10.9. The summed E-state index contributed by atoms with van der Waals surface area (Å²) >= 11 is 12.4. The lowest BCUT2D eigenvalue weighted by atomic mass is 10.0. The van der Waals surface area contributed by atoms with Crippen LogP contribution in [0.5, 0.6) is 5.75 Å². The number of benzene rings is 1. The predicted molar refractivity (Wildman–Crippen MR) is 139 cm³/mol. The molecule has 0 radical (unpaired) electrons. The number of esters is 1. The van der Waals surface area contributed by atoms with Gasteiger partial charge in [-0.1, -0.05) is 41.4 Å². The maximum Gasteiger partial charge on any atom is 0.315 e. The van der Waals surface area contributed by atoms with Crippen LogP contribution in [0.15, 0.2) is 42.7 Å². The van der Waals surface area contributed by atoms with E-state index in [1.807, 2.05) is 45.9 Å². The Morgan fingerprint density at radius 2 is 1.43 bits per heavy atom. The fraction of sp³-hybridized carbons (Fsp3) is 0.346. The second-order valence-corrected chi connectivity index (χ2v) is 8.60. The Hall–Kier alpha value is -2.71. The summed E-state index contributed by atoms with van der Waals surface area (Å²) in [4.78, 5) is 20.4. The van der Waals surface area contributed by atoms with Crippen LogP contribution in [-0.4, -0.2) is 30.2 Å². The van der Waals surface area contributed by atoms with Gasteiger partial charge in [-0.25, -0.2) is 0 Å². The van der Waals surface area contributed by atoms with Crippen LogP contribution in [0.4, 0.5) is 5.69 Å². The van der Waals surface area contributed by atoms with Gasteiger partial charge < -0.3 is 19.9 Å². The quantitative estimate of drug-likeness (QED) is 0.291. The molecule has 3 aromatic rings. The largest absolute Gasteiger partial charge is 0.426 e. The molecule has 0 aliphatic rings. The highest BCUT2D eigenvalue weighted by Gasteiger charge is 2.19. The first-order valence-electron chi connectivity index (χ1n) is 11.0. The molecule has 2 aromatic heterocycles. The summed E-state index contributed by atoms with van der Waals surface area (Å²) < 4.78 is 15.8. The van der Waals surface area contributed by atoms with E-state index in [-0.39, 0.29) is 24.6 Å². The zero-order valence-electron chi connectivity index (χ0n) is 20.8. The summed E-state index contributed by atoms with van der Waals surface area (Å²) in [5.41, 5.74) is 10.1. The fourth-order valence-electron chi connectivity index (χ4n) is 3.29. The number of anilines is 1. The number of pyridine rings is 2. The monoisotopic (exact) mass is 519 g/mol. The lowest BCUT2D eigenvalue weighted by Crippen LogP contribution is -2.14. The van der Waals surface area contributed by atoms with Gasteiger partial charge in [-0.15, -0.1) is 0 Å². The van der Waals surface area contributed by atoms with Crippen LogP contribution < -0.4 is 10.5 Å². The second kappa shape index (κ2) is 13.4. The molecule has 7 nitrogen and oxygen atoms in total. The third kappa shape index (κ3) is 7.64. The van der Waals surface area contributed by atoms with Gasteiger partial charge in [-0.2, -0.15) is 0 Å². The number of carbonyl (C=O) groups excluding carboxylic acids is 1. The number of aromatic nitrogens is 2. The summed E-state index contributed by atoms with van der Waals surface area (Å²) in [5, 5.41) is 1.12. The van der Waals surface area contributed by atoms with Crippen molar-refractivity contribution in [1.82, 2.24) is 9.97 Å². The van der Waals surface area contributed by atoms with E-state index in [0.29, 0.717) is 32.7 Å². The molecule has 0 aliphatic carbocycles. The van der Waals surface area contributed by atoms with Gasteiger partial charge in [0, 0.05) is 31.5 Å². The minimum atomic E-state index is -0.363. The number of carbonyl (C=O) groups is 1. The van der Waals surface area contributed by atoms with Crippen molar-refractivity contribution in [2.24, 2.45) is 0 Å². The van der Waals surface area contributed by atoms with E-state index in [1.165, 1.54) is 0 Å². The first-order valence-corrected chi connectivity index (χ1v) is 11.7. The highest BCUT2D eigenvalue weighted by Crippen LogP contribution is 2.32. The Bertz CT molecular complexity index is 1140. The first kappa shape index (κ1) is 28.5. The van der Waals surface area contributed by atoms with E-state index in [1.54, 1.807) is 38.7 Å². The van der Waals surface area contributed by atoms with E-state index in [0.717, 1.165) is 16.8 Å². The summed E-state index contributed by atoms with van der Waals surface area (Å²) in [6, 6.07) is 8.95. The molecule has 0 fully saturated rings. The lowest BCUT2D eigenvalue weighted by Gasteiger charge is -2.17. The number of hydrogen-bond acceptors (Lipinski definition) is 7. The van der Waals surface area contributed by atoms with Crippen LogP contribution in [0.3, 0.4) is 0 Å². The molecule has 2 heterocycles. The van der Waals surface area contributed by atoms with Crippen molar-refractivity contribution in [3.63, 3.8) is 0 Å². The molecular formula is C26H31Cl2N3O4. The molecule has 0 saturated carbocycles. The molecule has 0 spiro atoms. The Morgan fingerprint density at radius 3 is 2.00 bits per heavy atom. The van der Waals surface area contributed by atoms with E-state index >= 15 is 0 Å². The van der Waals surface area contributed by atoms with Gasteiger partial charge in [-0.05, 0) is 45.4 Å². The minimum absolute atomic E-state index is 0.0882. The van der Waals surface area contributed by atoms with E-state index in [2.05, 4.69) is 9.97 Å². The number of methoxy groups -OCH3 is 2. The topological polar surface area (TPSA) is 96.6 Å². The van der Waals surface area contributed by atoms with Gasteiger partial charge in [0.25, 0.3) is 0 Å². The van der Waals surface area contributed by atoms with Crippen molar-refractivity contribution in [3.05, 3.63) is 80.8 Å². The zero-order valence-corrected chi connectivity index (χ0v) is 22.3.